The van der Waals surface area contributed by atoms with Gasteiger partial charge in [-0.05, 0) is 50.2 Å². The monoisotopic (exact) mass is 293 g/mol. The van der Waals surface area contributed by atoms with Gasteiger partial charge in [0.05, 0.1) is 4.90 Å². The van der Waals surface area contributed by atoms with Crippen molar-refractivity contribution in [1.29, 1.82) is 0 Å². The minimum atomic E-state index is -3.33. The Kier molecular flexibility index (Phi) is 3.87. The predicted octanol–water partition coefficient (Wildman–Crippen LogP) is 3.34. The first-order valence-electron chi connectivity index (χ1n) is 7.68. The number of sulfonamides is 1. The summed E-state index contributed by atoms with van der Waals surface area (Å²) in [5.41, 5.74) is 0.852. The smallest absolute Gasteiger partial charge is 0.207 e. The number of nitrogens with zero attached hydrogens (tertiary/aromatic N) is 1. The summed E-state index contributed by atoms with van der Waals surface area (Å²) in [6.45, 7) is 2.58. The second kappa shape index (κ2) is 5.49. The van der Waals surface area contributed by atoms with Crippen molar-refractivity contribution in [3.8, 4) is 0 Å². The summed E-state index contributed by atoms with van der Waals surface area (Å²) >= 11 is 0. The van der Waals surface area contributed by atoms with Crippen LogP contribution in [0.4, 0.5) is 0 Å². The average molecular weight is 293 g/mol. The molecule has 0 N–H and O–H groups in total. The summed E-state index contributed by atoms with van der Waals surface area (Å²) in [5.74, 6) is 0.580. The van der Waals surface area contributed by atoms with Gasteiger partial charge in [-0.15, -0.1) is 0 Å². The molecule has 0 spiro atoms. The number of benzene rings is 1. The Labute approximate surface area is 122 Å². The fraction of sp³-hybridized carbons (Fsp3) is 0.625. The standard InChI is InChI=1S/C16H23NO2S/c1-13-7-2-5-11-16(13)20(18,19)17-12-6-9-14-8-3-4-10-15(14)17/h2,5,7,11,14-15H,3-4,6,8-10,12H2,1H3. The van der Waals surface area contributed by atoms with E-state index in [1.54, 1.807) is 6.07 Å². The highest BCUT2D eigenvalue weighted by molar-refractivity contribution is 7.89. The molecule has 2 aliphatic rings. The highest BCUT2D eigenvalue weighted by Gasteiger charge is 2.40. The molecule has 1 heterocycles. The van der Waals surface area contributed by atoms with Crippen molar-refractivity contribution < 1.29 is 8.42 Å². The maximum atomic E-state index is 13.0. The predicted molar refractivity (Wildman–Crippen MR) is 80.1 cm³/mol. The molecule has 1 aromatic carbocycles. The van der Waals surface area contributed by atoms with Gasteiger partial charge in [0.1, 0.15) is 0 Å². The molecule has 3 rings (SSSR count). The van der Waals surface area contributed by atoms with Gasteiger partial charge >= 0.3 is 0 Å². The number of piperidine rings is 1. The van der Waals surface area contributed by atoms with E-state index in [0.717, 1.165) is 18.4 Å². The summed E-state index contributed by atoms with van der Waals surface area (Å²) in [6, 6.07) is 7.59. The molecule has 0 radical (unpaired) electrons. The van der Waals surface area contributed by atoms with Gasteiger partial charge in [-0.1, -0.05) is 31.0 Å². The van der Waals surface area contributed by atoms with Crippen LogP contribution in [-0.2, 0) is 10.0 Å². The first-order valence-corrected chi connectivity index (χ1v) is 9.12. The van der Waals surface area contributed by atoms with Crippen LogP contribution >= 0.6 is 0 Å². The number of hydrogen-bond acceptors (Lipinski definition) is 2. The van der Waals surface area contributed by atoms with E-state index in [4.69, 9.17) is 0 Å². The quantitative estimate of drug-likeness (QED) is 0.838. The lowest BCUT2D eigenvalue weighted by atomic mass is 9.79. The molecule has 2 atom stereocenters. The van der Waals surface area contributed by atoms with E-state index in [-0.39, 0.29) is 6.04 Å². The molecule has 1 aromatic rings. The first-order chi connectivity index (χ1) is 9.60. The Bertz CT molecular complexity index is 580. The largest absolute Gasteiger partial charge is 0.243 e. The fourth-order valence-corrected chi connectivity index (χ4v) is 5.83. The second-order valence-corrected chi connectivity index (χ2v) is 7.99. The van der Waals surface area contributed by atoms with Gasteiger partial charge in [-0.3, -0.25) is 0 Å². The maximum Gasteiger partial charge on any atom is 0.243 e. The van der Waals surface area contributed by atoms with Gasteiger partial charge in [0, 0.05) is 12.6 Å². The zero-order valence-electron chi connectivity index (χ0n) is 12.1. The Morgan fingerprint density at radius 1 is 1.05 bits per heavy atom. The van der Waals surface area contributed by atoms with E-state index >= 15 is 0 Å². The van der Waals surface area contributed by atoms with E-state index in [0.29, 0.717) is 17.4 Å². The molecular formula is C16H23NO2S. The third kappa shape index (κ3) is 2.40. The van der Waals surface area contributed by atoms with Crippen LogP contribution in [0, 0.1) is 12.8 Å². The summed E-state index contributed by atoms with van der Waals surface area (Å²) < 4.78 is 27.8. The lowest BCUT2D eigenvalue weighted by Gasteiger charge is -2.43. The van der Waals surface area contributed by atoms with Crippen molar-refractivity contribution in [2.75, 3.05) is 6.54 Å². The van der Waals surface area contributed by atoms with Gasteiger partial charge in [-0.2, -0.15) is 4.31 Å². The molecular weight excluding hydrogens is 270 g/mol. The summed E-state index contributed by atoms with van der Waals surface area (Å²) in [7, 11) is -3.33. The normalized spacial score (nSPS) is 28.1. The number of aryl methyl sites for hydroxylation is 1. The average Bonchev–Trinajstić information content (AvgIpc) is 2.47. The summed E-state index contributed by atoms with van der Waals surface area (Å²) in [5, 5.41) is 0. The molecule has 0 amide bonds. The van der Waals surface area contributed by atoms with E-state index in [9.17, 15) is 8.42 Å². The molecule has 1 aliphatic heterocycles. The van der Waals surface area contributed by atoms with Gasteiger partial charge in [-0.25, -0.2) is 8.42 Å². The highest BCUT2D eigenvalue weighted by Crippen LogP contribution is 2.38. The van der Waals surface area contributed by atoms with Crippen LogP contribution in [0.2, 0.25) is 0 Å². The van der Waals surface area contributed by atoms with Crippen LogP contribution < -0.4 is 0 Å². The van der Waals surface area contributed by atoms with Crippen molar-refractivity contribution in [2.45, 2.75) is 56.4 Å². The Balaban J connectivity index is 1.96. The highest BCUT2D eigenvalue weighted by atomic mass is 32.2. The van der Waals surface area contributed by atoms with E-state index in [1.807, 2.05) is 29.4 Å². The van der Waals surface area contributed by atoms with Crippen LogP contribution in [-0.4, -0.2) is 25.3 Å². The first kappa shape index (κ1) is 14.1. The van der Waals surface area contributed by atoms with Gasteiger partial charge in [0.2, 0.25) is 10.0 Å². The molecule has 2 unspecified atom stereocenters. The van der Waals surface area contributed by atoms with Crippen molar-refractivity contribution in [3.63, 3.8) is 0 Å². The van der Waals surface area contributed by atoms with E-state index in [2.05, 4.69) is 0 Å². The Morgan fingerprint density at radius 2 is 1.75 bits per heavy atom. The third-order valence-electron chi connectivity index (χ3n) is 4.87. The lowest BCUT2D eigenvalue weighted by molar-refractivity contribution is 0.129. The molecule has 2 fully saturated rings. The minimum Gasteiger partial charge on any atom is -0.207 e. The maximum absolute atomic E-state index is 13.0. The molecule has 1 aliphatic carbocycles. The molecule has 4 heteroatoms. The lowest BCUT2D eigenvalue weighted by Crippen LogP contribution is -2.49. The van der Waals surface area contributed by atoms with Crippen molar-refractivity contribution in [3.05, 3.63) is 29.8 Å². The minimum absolute atomic E-state index is 0.238. The molecule has 0 aromatic heterocycles. The van der Waals surface area contributed by atoms with Gasteiger partial charge < -0.3 is 0 Å². The van der Waals surface area contributed by atoms with E-state index in [1.165, 1.54) is 25.7 Å². The molecule has 1 saturated carbocycles. The van der Waals surface area contributed by atoms with Crippen LogP contribution in [0.1, 0.15) is 44.1 Å². The second-order valence-electron chi connectivity index (χ2n) is 6.14. The third-order valence-corrected chi connectivity index (χ3v) is 6.96. The SMILES string of the molecule is Cc1ccccc1S(=O)(=O)N1CCCC2CCCCC21. The van der Waals surface area contributed by atoms with Crippen molar-refractivity contribution in [2.24, 2.45) is 5.92 Å². The topological polar surface area (TPSA) is 37.4 Å². The Morgan fingerprint density at radius 3 is 2.55 bits per heavy atom. The van der Waals surface area contributed by atoms with Crippen LogP contribution in [0.3, 0.4) is 0 Å². The molecule has 110 valence electrons. The van der Waals surface area contributed by atoms with Crippen LogP contribution in [0.5, 0.6) is 0 Å². The zero-order valence-corrected chi connectivity index (χ0v) is 12.9. The number of hydrogen-bond donors (Lipinski definition) is 0. The zero-order chi connectivity index (χ0) is 14.2. The van der Waals surface area contributed by atoms with E-state index < -0.39 is 10.0 Å². The Hall–Kier alpha value is -0.870. The van der Waals surface area contributed by atoms with Gasteiger partial charge in [0.25, 0.3) is 0 Å². The van der Waals surface area contributed by atoms with Crippen molar-refractivity contribution >= 4 is 10.0 Å². The van der Waals surface area contributed by atoms with Crippen LogP contribution in [0.15, 0.2) is 29.2 Å². The molecule has 3 nitrogen and oxygen atoms in total. The molecule has 0 bridgehead atoms. The molecule has 20 heavy (non-hydrogen) atoms. The van der Waals surface area contributed by atoms with Crippen LogP contribution in [0.25, 0.3) is 0 Å². The fourth-order valence-electron chi connectivity index (χ4n) is 3.85. The molecule has 1 saturated heterocycles. The number of rotatable bonds is 2. The summed E-state index contributed by atoms with van der Waals surface area (Å²) in [6.07, 6.45) is 6.87. The van der Waals surface area contributed by atoms with Gasteiger partial charge in [0.15, 0.2) is 0 Å². The summed E-state index contributed by atoms with van der Waals surface area (Å²) in [4.78, 5) is 0.492. The number of fused-ring (bicyclic) bond motifs is 1. The van der Waals surface area contributed by atoms with Crippen molar-refractivity contribution in [1.82, 2.24) is 4.31 Å².